The Morgan fingerprint density at radius 3 is 2.58 bits per heavy atom. The summed E-state index contributed by atoms with van der Waals surface area (Å²) in [4.78, 5) is 12.0. The number of nitrogens with zero attached hydrogens (tertiary/aromatic N) is 2. The number of carbonyl (C=O) groups excluding carboxylic acids is 1. The highest BCUT2D eigenvalue weighted by Crippen LogP contribution is 2.27. The van der Waals surface area contributed by atoms with Crippen molar-refractivity contribution in [3.8, 4) is 11.5 Å². The maximum Gasteiger partial charge on any atom is 0.255 e. The van der Waals surface area contributed by atoms with E-state index in [1.54, 1.807) is 36.4 Å². The number of ether oxygens (including phenoxy) is 1. The van der Waals surface area contributed by atoms with E-state index in [-0.39, 0.29) is 16.4 Å². The van der Waals surface area contributed by atoms with Crippen molar-refractivity contribution in [3.05, 3.63) is 54.1 Å². The second-order valence-electron chi connectivity index (χ2n) is 5.27. The minimum Gasteiger partial charge on any atom is -0.504 e. The lowest BCUT2D eigenvalue weighted by Crippen LogP contribution is -2.36. The number of phenolic OH excluding ortho intramolecular Hbond substituents is 1. The Balaban J connectivity index is 1.99. The molecular weight excluding hydrogens is 358 g/mol. The van der Waals surface area contributed by atoms with Crippen molar-refractivity contribution in [1.82, 2.24) is 9.73 Å². The van der Waals surface area contributed by atoms with E-state index in [0.29, 0.717) is 5.56 Å². The number of carbonyl (C=O) groups is 1. The summed E-state index contributed by atoms with van der Waals surface area (Å²) in [6.45, 7) is -0.404. The van der Waals surface area contributed by atoms with Crippen molar-refractivity contribution < 1.29 is 23.1 Å². The number of phenols is 1. The molecule has 26 heavy (non-hydrogen) atoms. The molecule has 0 bridgehead atoms. The van der Waals surface area contributed by atoms with Crippen LogP contribution in [0.2, 0.25) is 0 Å². The van der Waals surface area contributed by atoms with Crippen LogP contribution in [0.1, 0.15) is 5.56 Å². The molecule has 2 aromatic rings. The summed E-state index contributed by atoms with van der Waals surface area (Å²) in [5, 5.41) is 13.6. The highest BCUT2D eigenvalue weighted by Gasteiger charge is 2.22. The predicted molar refractivity (Wildman–Crippen MR) is 96.7 cm³/mol. The number of para-hydroxylation sites is 1. The second kappa shape index (κ2) is 8.45. The van der Waals surface area contributed by atoms with Crippen LogP contribution in [0.3, 0.4) is 0 Å². The molecule has 2 N–H and O–H groups in total. The Hall–Kier alpha value is -2.91. The fourth-order valence-electron chi connectivity index (χ4n) is 2.08. The van der Waals surface area contributed by atoms with Crippen LogP contribution in [0.15, 0.2) is 58.5 Å². The summed E-state index contributed by atoms with van der Waals surface area (Å²) in [5.74, 6) is -0.462. The zero-order chi connectivity index (χ0) is 19.2. The van der Waals surface area contributed by atoms with E-state index in [2.05, 4.69) is 10.5 Å². The number of rotatable bonds is 7. The third-order valence-corrected chi connectivity index (χ3v) is 5.28. The van der Waals surface area contributed by atoms with Crippen LogP contribution in [0, 0.1) is 0 Å². The summed E-state index contributed by atoms with van der Waals surface area (Å²) < 4.78 is 30.6. The first-order valence-electron chi connectivity index (χ1n) is 7.55. The van der Waals surface area contributed by atoms with Crippen LogP contribution in [-0.4, -0.2) is 50.7 Å². The highest BCUT2D eigenvalue weighted by atomic mass is 32.2. The molecule has 0 fully saturated rings. The SMILES string of the molecule is COc1cccc(/C=N\NC(=O)CN(C)S(=O)(=O)c2ccccc2)c1O. The zero-order valence-electron chi connectivity index (χ0n) is 14.3. The maximum atomic E-state index is 12.3. The molecule has 0 aromatic heterocycles. The molecule has 0 aliphatic rings. The number of aromatic hydroxyl groups is 1. The van der Waals surface area contributed by atoms with Crippen LogP contribution in [-0.2, 0) is 14.8 Å². The van der Waals surface area contributed by atoms with Crippen molar-refractivity contribution in [2.24, 2.45) is 5.10 Å². The van der Waals surface area contributed by atoms with Gasteiger partial charge in [0, 0.05) is 12.6 Å². The summed E-state index contributed by atoms with van der Waals surface area (Å²) >= 11 is 0. The van der Waals surface area contributed by atoms with Crippen molar-refractivity contribution in [3.63, 3.8) is 0 Å². The quantitative estimate of drug-likeness (QED) is 0.556. The standard InChI is InChI=1S/C17H19N3O5S/c1-20(26(23,24)14-8-4-3-5-9-14)12-16(21)19-18-11-13-7-6-10-15(25-2)17(13)22/h3-11,22H,12H2,1-2H3,(H,19,21)/b18-11-. The van der Waals surface area contributed by atoms with Gasteiger partial charge in [0.2, 0.25) is 10.0 Å². The average molecular weight is 377 g/mol. The third-order valence-electron chi connectivity index (χ3n) is 3.46. The highest BCUT2D eigenvalue weighted by molar-refractivity contribution is 7.89. The minimum absolute atomic E-state index is 0.0973. The van der Waals surface area contributed by atoms with Crippen LogP contribution in [0.5, 0.6) is 11.5 Å². The normalized spacial score (nSPS) is 11.7. The van der Waals surface area contributed by atoms with Crippen molar-refractivity contribution in [2.75, 3.05) is 20.7 Å². The largest absolute Gasteiger partial charge is 0.504 e. The van der Waals surface area contributed by atoms with Gasteiger partial charge in [0.05, 0.1) is 24.8 Å². The molecule has 0 aliphatic heterocycles. The number of methoxy groups -OCH3 is 1. The van der Waals surface area contributed by atoms with Gasteiger partial charge < -0.3 is 9.84 Å². The summed E-state index contributed by atoms with van der Waals surface area (Å²) in [7, 11) is -1.04. The van der Waals surface area contributed by atoms with Gasteiger partial charge in [-0.15, -0.1) is 0 Å². The van der Waals surface area contributed by atoms with E-state index < -0.39 is 22.5 Å². The number of benzene rings is 2. The number of hydrazone groups is 1. The Morgan fingerprint density at radius 1 is 1.23 bits per heavy atom. The summed E-state index contributed by atoms with van der Waals surface area (Å²) in [6, 6.07) is 12.6. The molecule has 0 heterocycles. The molecule has 0 unspecified atom stereocenters. The van der Waals surface area contributed by atoms with E-state index in [1.807, 2.05) is 0 Å². The predicted octanol–water partition coefficient (Wildman–Crippen LogP) is 1.17. The number of likely N-dealkylation sites (N-methyl/N-ethyl adjacent to an activating group) is 1. The second-order valence-corrected chi connectivity index (χ2v) is 7.31. The van der Waals surface area contributed by atoms with Gasteiger partial charge in [-0.05, 0) is 24.3 Å². The lowest BCUT2D eigenvalue weighted by Gasteiger charge is -2.15. The molecule has 0 atom stereocenters. The third kappa shape index (κ3) is 4.58. The lowest BCUT2D eigenvalue weighted by atomic mass is 10.2. The van der Waals surface area contributed by atoms with Crippen LogP contribution < -0.4 is 10.2 Å². The number of hydrogen-bond donors (Lipinski definition) is 2. The fourth-order valence-corrected chi connectivity index (χ4v) is 3.23. The molecule has 8 nitrogen and oxygen atoms in total. The molecular formula is C17H19N3O5S. The molecule has 0 radical (unpaired) electrons. The zero-order valence-corrected chi connectivity index (χ0v) is 15.1. The number of nitrogens with one attached hydrogen (secondary N) is 1. The van der Waals surface area contributed by atoms with Crippen LogP contribution >= 0.6 is 0 Å². The Kier molecular flexibility index (Phi) is 6.31. The first-order chi connectivity index (χ1) is 12.4. The molecule has 0 aliphatic carbocycles. The van der Waals surface area contributed by atoms with Crippen molar-refractivity contribution >= 4 is 22.1 Å². The number of amides is 1. The smallest absolute Gasteiger partial charge is 0.255 e. The Morgan fingerprint density at radius 2 is 1.92 bits per heavy atom. The van der Waals surface area contributed by atoms with Gasteiger partial charge in [-0.1, -0.05) is 24.3 Å². The molecule has 2 rings (SSSR count). The van der Waals surface area contributed by atoms with Gasteiger partial charge in [0.15, 0.2) is 11.5 Å². The van der Waals surface area contributed by atoms with Gasteiger partial charge in [-0.2, -0.15) is 9.41 Å². The summed E-state index contributed by atoms with van der Waals surface area (Å²) in [6.07, 6.45) is 1.24. The van der Waals surface area contributed by atoms with Crippen LogP contribution in [0.25, 0.3) is 0 Å². The Bertz CT molecular complexity index is 898. The maximum absolute atomic E-state index is 12.3. The topological polar surface area (TPSA) is 108 Å². The number of sulfonamides is 1. The number of hydrogen-bond acceptors (Lipinski definition) is 6. The van der Waals surface area contributed by atoms with Crippen LogP contribution in [0.4, 0.5) is 0 Å². The monoisotopic (exact) mass is 377 g/mol. The summed E-state index contributed by atoms with van der Waals surface area (Å²) in [5.41, 5.74) is 2.57. The average Bonchev–Trinajstić information content (AvgIpc) is 2.63. The van der Waals surface area contributed by atoms with E-state index in [4.69, 9.17) is 4.74 Å². The lowest BCUT2D eigenvalue weighted by molar-refractivity contribution is -0.121. The molecule has 1 amide bonds. The molecule has 0 saturated carbocycles. The first-order valence-corrected chi connectivity index (χ1v) is 8.99. The molecule has 2 aromatic carbocycles. The molecule has 9 heteroatoms. The fraction of sp³-hybridized carbons (Fsp3) is 0.176. The van der Waals surface area contributed by atoms with Crippen molar-refractivity contribution in [1.29, 1.82) is 0 Å². The van der Waals surface area contributed by atoms with Gasteiger partial charge in [-0.25, -0.2) is 13.8 Å². The molecule has 138 valence electrons. The van der Waals surface area contributed by atoms with E-state index >= 15 is 0 Å². The van der Waals surface area contributed by atoms with Gasteiger partial charge in [-0.3, -0.25) is 4.79 Å². The van der Waals surface area contributed by atoms with E-state index in [0.717, 1.165) is 4.31 Å². The van der Waals surface area contributed by atoms with Gasteiger partial charge >= 0.3 is 0 Å². The minimum atomic E-state index is -3.76. The Labute approximate surface area is 151 Å². The van der Waals surface area contributed by atoms with Crippen molar-refractivity contribution in [2.45, 2.75) is 4.90 Å². The van der Waals surface area contributed by atoms with E-state index in [9.17, 15) is 18.3 Å². The molecule has 0 saturated heterocycles. The van der Waals surface area contributed by atoms with Gasteiger partial charge in [0.25, 0.3) is 5.91 Å². The molecule has 0 spiro atoms. The van der Waals surface area contributed by atoms with Gasteiger partial charge in [0.1, 0.15) is 0 Å². The first kappa shape index (κ1) is 19.4. The van der Waals surface area contributed by atoms with E-state index in [1.165, 1.54) is 32.5 Å².